The molecule has 0 bridgehead atoms. The molecule has 1 nitrogen and oxygen atoms in total. The fourth-order valence-corrected chi connectivity index (χ4v) is 3.35. The van der Waals surface area contributed by atoms with Crippen molar-refractivity contribution in [3.8, 4) is 5.75 Å². The maximum atomic E-state index is 6.40. The lowest BCUT2D eigenvalue weighted by Gasteiger charge is -2.35. The molecule has 0 saturated heterocycles. The highest BCUT2D eigenvalue weighted by molar-refractivity contribution is 5.29. The van der Waals surface area contributed by atoms with Gasteiger partial charge in [-0.2, -0.15) is 0 Å². The van der Waals surface area contributed by atoms with E-state index in [2.05, 4.69) is 52.0 Å². The van der Waals surface area contributed by atoms with Gasteiger partial charge in [-0.3, -0.25) is 0 Å². The van der Waals surface area contributed by atoms with Crippen LogP contribution in [0.3, 0.4) is 0 Å². The van der Waals surface area contributed by atoms with Crippen LogP contribution in [0.4, 0.5) is 0 Å². The summed E-state index contributed by atoms with van der Waals surface area (Å²) in [6, 6.07) is 8.77. The molecule has 1 aromatic rings. The van der Waals surface area contributed by atoms with Crippen molar-refractivity contribution >= 4 is 0 Å². The summed E-state index contributed by atoms with van der Waals surface area (Å²) in [6.07, 6.45) is 7.68. The molecule has 0 spiro atoms. The number of benzene rings is 1. The van der Waals surface area contributed by atoms with Crippen molar-refractivity contribution in [3.05, 3.63) is 29.8 Å². The molecule has 1 aromatic carbocycles. The van der Waals surface area contributed by atoms with Gasteiger partial charge in [-0.1, -0.05) is 45.7 Å². The molecular weight excluding hydrogens is 244 g/mol. The van der Waals surface area contributed by atoms with Crippen LogP contribution in [0.5, 0.6) is 5.75 Å². The Balaban J connectivity index is 2.07. The van der Waals surface area contributed by atoms with Gasteiger partial charge in [0.25, 0.3) is 0 Å². The first-order valence-electron chi connectivity index (χ1n) is 8.38. The summed E-state index contributed by atoms with van der Waals surface area (Å²) in [5.41, 5.74) is 1.42. The highest BCUT2D eigenvalue weighted by Gasteiger charge is 2.36. The third-order valence-corrected chi connectivity index (χ3v) is 5.33. The van der Waals surface area contributed by atoms with Crippen LogP contribution in [0.2, 0.25) is 0 Å². The van der Waals surface area contributed by atoms with Crippen LogP contribution in [-0.2, 0) is 0 Å². The van der Waals surface area contributed by atoms with Crippen molar-refractivity contribution in [2.45, 2.75) is 77.7 Å². The van der Waals surface area contributed by atoms with Crippen LogP contribution < -0.4 is 4.74 Å². The van der Waals surface area contributed by atoms with Crippen molar-refractivity contribution in [1.29, 1.82) is 0 Å². The average Bonchev–Trinajstić information content (AvgIpc) is 3.02. The van der Waals surface area contributed by atoms with E-state index >= 15 is 0 Å². The molecule has 1 aliphatic carbocycles. The molecule has 2 unspecified atom stereocenters. The fraction of sp³-hybridized carbons (Fsp3) is 0.684. The van der Waals surface area contributed by atoms with Gasteiger partial charge >= 0.3 is 0 Å². The Kier molecular flexibility index (Phi) is 5.12. The maximum absolute atomic E-state index is 6.40. The van der Waals surface area contributed by atoms with E-state index in [0.717, 1.165) is 18.1 Å². The van der Waals surface area contributed by atoms with E-state index in [1.54, 1.807) is 0 Å². The zero-order valence-corrected chi connectivity index (χ0v) is 13.6. The van der Waals surface area contributed by atoms with E-state index in [1.165, 1.54) is 37.7 Å². The van der Waals surface area contributed by atoms with Gasteiger partial charge in [0.1, 0.15) is 11.4 Å². The predicted molar refractivity (Wildman–Crippen MR) is 86.4 cm³/mol. The normalized spacial score (nSPS) is 20.6. The molecule has 2 rings (SSSR count). The maximum Gasteiger partial charge on any atom is 0.120 e. The Bertz CT molecular complexity index is 402. The van der Waals surface area contributed by atoms with E-state index in [0.29, 0.717) is 5.92 Å². The van der Waals surface area contributed by atoms with Crippen molar-refractivity contribution < 1.29 is 4.74 Å². The zero-order chi connectivity index (χ0) is 14.6. The standard InChI is InChI=1S/C19H30O/c1-5-15(3)16-11-13-18(14-12-16)20-19(4,6-2)17-9-7-8-10-17/h11-15,17H,5-10H2,1-4H3. The quantitative estimate of drug-likeness (QED) is 0.624. The Morgan fingerprint density at radius 2 is 1.75 bits per heavy atom. The topological polar surface area (TPSA) is 9.23 Å². The summed E-state index contributed by atoms with van der Waals surface area (Å²) in [7, 11) is 0. The largest absolute Gasteiger partial charge is 0.487 e. The summed E-state index contributed by atoms with van der Waals surface area (Å²) >= 11 is 0. The lowest BCUT2D eigenvalue weighted by atomic mass is 9.85. The van der Waals surface area contributed by atoms with Gasteiger partial charge in [-0.05, 0) is 62.1 Å². The molecule has 20 heavy (non-hydrogen) atoms. The number of ether oxygens (including phenoxy) is 1. The van der Waals surface area contributed by atoms with E-state index < -0.39 is 0 Å². The third-order valence-electron chi connectivity index (χ3n) is 5.33. The van der Waals surface area contributed by atoms with Gasteiger partial charge in [0, 0.05) is 0 Å². The van der Waals surface area contributed by atoms with Crippen LogP contribution in [0.25, 0.3) is 0 Å². The highest BCUT2D eigenvalue weighted by atomic mass is 16.5. The first-order chi connectivity index (χ1) is 9.59. The minimum atomic E-state index is 0.00832. The Morgan fingerprint density at radius 1 is 1.15 bits per heavy atom. The molecule has 1 saturated carbocycles. The molecule has 1 fully saturated rings. The molecule has 1 aliphatic rings. The van der Waals surface area contributed by atoms with E-state index in [4.69, 9.17) is 4.74 Å². The average molecular weight is 274 g/mol. The molecule has 0 heterocycles. The first kappa shape index (κ1) is 15.4. The smallest absolute Gasteiger partial charge is 0.120 e. The predicted octanol–water partition coefficient (Wildman–Crippen LogP) is 5.94. The van der Waals surface area contributed by atoms with E-state index in [-0.39, 0.29) is 5.60 Å². The van der Waals surface area contributed by atoms with Gasteiger partial charge in [0.2, 0.25) is 0 Å². The molecule has 0 aromatic heterocycles. The Morgan fingerprint density at radius 3 is 2.25 bits per heavy atom. The minimum Gasteiger partial charge on any atom is -0.487 e. The molecule has 1 heteroatoms. The van der Waals surface area contributed by atoms with Gasteiger partial charge < -0.3 is 4.74 Å². The molecule has 112 valence electrons. The van der Waals surface area contributed by atoms with Crippen molar-refractivity contribution in [3.63, 3.8) is 0 Å². The van der Waals surface area contributed by atoms with Gasteiger partial charge in [-0.15, -0.1) is 0 Å². The molecule has 0 N–H and O–H groups in total. The lowest BCUT2D eigenvalue weighted by Crippen LogP contribution is -2.39. The Labute approximate surface area is 124 Å². The van der Waals surface area contributed by atoms with Gasteiger partial charge in [0.05, 0.1) is 0 Å². The van der Waals surface area contributed by atoms with Crippen LogP contribution in [0, 0.1) is 5.92 Å². The summed E-state index contributed by atoms with van der Waals surface area (Å²) in [6.45, 7) is 9.07. The molecule has 0 radical (unpaired) electrons. The summed E-state index contributed by atoms with van der Waals surface area (Å²) in [4.78, 5) is 0. The molecular formula is C19H30O. The third kappa shape index (κ3) is 3.37. The van der Waals surface area contributed by atoms with Crippen molar-refractivity contribution in [1.82, 2.24) is 0 Å². The summed E-state index contributed by atoms with van der Waals surface area (Å²) in [5.74, 6) is 2.39. The fourth-order valence-electron chi connectivity index (χ4n) is 3.35. The van der Waals surface area contributed by atoms with Crippen molar-refractivity contribution in [2.24, 2.45) is 5.92 Å². The Hall–Kier alpha value is -0.980. The molecule has 2 atom stereocenters. The number of hydrogen-bond donors (Lipinski definition) is 0. The van der Waals surface area contributed by atoms with Crippen LogP contribution in [0.15, 0.2) is 24.3 Å². The highest BCUT2D eigenvalue weighted by Crippen LogP contribution is 2.39. The van der Waals surface area contributed by atoms with Crippen LogP contribution in [0.1, 0.15) is 77.7 Å². The van der Waals surface area contributed by atoms with Gasteiger partial charge in [0.15, 0.2) is 0 Å². The SMILES string of the molecule is CCC(C)c1ccc(OC(C)(CC)C2CCCC2)cc1. The molecule has 0 amide bonds. The van der Waals surface area contributed by atoms with Crippen molar-refractivity contribution in [2.75, 3.05) is 0 Å². The number of rotatable bonds is 6. The van der Waals surface area contributed by atoms with Gasteiger partial charge in [-0.25, -0.2) is 0 Å². The summed E-state index contributed by atoms with van der Waals surface area (Å²) < 4.78 is 6.40. The lowest BCUT2D eigenvalue weighted by molar-refractivity contribution is 0.0241. The monoisotopic (exact) mass is 274 g/mol. The van der Waals surface area contributed by atoms with Crippen LogP contribution >= 0.6 is 0 Å². The second-order valence-corrected chi connectivity index (χ2v) is 6.63. The van der Waals surface area contributed by atoms with Crippen LogP contribution in [-0.4, -0.2) is 5.60 Å². The van der Waals surface area contributed by atoms with E-state index in [9.17, 15) is 0 Å². The molecule has 0 aliphatic heterocycles. The minimum absolute atomic E-state index is 0.00832. The number of hydrogen-bond acceptors (Lipinski definition) is 1. The zero-order valence-electron chi connectivity index (χ0n) is 13.6. The van der Waals surface area contributed by atoms with E-state index in [1.807, 2.05) is 0 Å². The second kappa shape index (κ2) is 6.65. The first-order valence-corrected chi connectivity index (χ1v) is 8.38. The summed E-state index contributed by atoms with van der Waals surface area (Å²) in [5, 5.41) is 0. The second-order valence-electron chi connectivity index (χ2n) is 6.63.